The Kier molecular flexibility index (Phi) is 2.25. The second kappa shape index (κ2) is 3.42. The van der Waals surface area contributed by atoms with Crippen LogP contribution in [0.1, 0.15) is 11.4 Å². The first kappa shape index (κ1) is 9.21. The predicted molar refractivity (Wildman–Crippen MR) is 58.2 cm³/mol. The van der Waals surface area contributed by atoms with Crippen LogP contribution >= 0.6 is 0 Å². The molecule has 1 aromatic heterocycles. The molecule has 0 fully saturated rings. The summed E-state index contributed by atoms with van der Waals surface area (Å²) in [5, 5.41) is 3.15. The summed E-state index contributed by atoms with van der Waals surface area (Å²) in [5.74, 6) is 1.06. The van der Waals surface area contributed by atoms with Gasteiger partial charge in [-0.25, -0.2) is 4.98 Å². The molecule has 0 radical (unpaired) electrons. The minimum atomic E-state index is 0.903. The molecule has 0 bridgehead atoms. The fourth-order valence-electron chi connectivity index (χ4n) is 1.67. The number of fused-ring (bicyclic) bond motifs is 1. The molecular weight excluding hydrogens is 174 g/mol. The van der Waals surface area contributed by atoms with E-state index < -0.39 is 0 Å². The lowest BCUT2D eigenvalue weighted by atomic mass is 10.2. The zero-order chi connectivity index (χ0) is 10.1. The van der Waals surface area contributed by atoms with Gasteiger partial charge in [-0.15, -0.1) is 0 Å². The van der Waals surface area contributed by atoms with E-state index in [0.717, 1.165) is 17.9 Å². The molecule has 2 aromatic rings. The second-order valence-corrected chi connectivity index (χ2v) is 3.57. The summed E-state index contributed by atoms with van der Waals surface area (Å²) in [7, 11) is 4.01. The quantitative estimate of drug-likeness (QED) is 0.777. The van der Waals surface area contributed by atoms with Crippen LogP contribution in [0, 0.1) is 6.92 Å². The predicted octanol–water partition coefficient (Wildman–Crippen LogP) is 1.60. The number of imidazole rings is 1. The number of benzene rings is 1. The van der Waals surface area contributed by atoms with E-state index in [1.807, 2.05) is 21.0 Å². The zero-order valence-electron chi connectivity index (χ0n) is 8.83. The largest absolute Gasteiger partial charge is 0.331 e. The molecule has 74 valence electrons. The molecule has 2 rings (SSSR count). The first-order chi connectivity index (χ1) is 6.72. The van der Waals surface area contributed by atoms with Crippen molar-refractivity contribution in [3.05, 3.63) is 29.6 Å². The van der Waals surface area contributed by atoms with E-state index in [1.54, 1.807) is 0 Å². The van der Waals surface area contributed by atoms with Crippen LogP contribution in [-0.2, 0) is 13.6 Å². The second-order valence-electron chi connectivity index (χ2n) is 3.57. The third-order valence-electron chi connectivity index (χ3n) is 2.55. The molecule has 0 amide bonds. The molecule has 0 aliphatic rings. The summed E-state index contributed by atoms with van der Waals surface area (Å²) in [4.78, 5) is 4.46. The van der Waals surface area contributed by atoms with Crippen LogP contribution in [-0.4, -0.2) is 16.6 Å². The molecule has 1 aromatic carbocycles. The van der Waals surface area contributed by atoms with Gasteiger partial charge in [-0.1, -0.05) is 6.07 Å². The van der Waals surface area contributed by atoms with Crippen LogP contribution in [0.25, 0.3) is 11.0 Å². The van der Waals surface area contributed by atoms with Crippen molar-refractivity contribution in [1.82, 2.24) is 14.9 Å². The van der Waals surface area contributed by atoms with Gasteiger partial charge in [0.2, 0.25) is 0 Å². The molecule has 1 heterocycles. The highest BCUT2D eigenvalue weighted by atomic mass is 15.0. The maximum atomic E-state index is 4.46. The van der Waals surface area contributed by atoms with Gasteiger partial charge in [0.1, 0.15) is 5.82 Å². The van der Waals surface area contributed by atoms with E-state index in [0.29, 0.717) is 0 Å². The monoisotopic (exact) mass is 189 g/mol. The first-order valence-corrected chi connectivity index (χ1v) is 4.79. The van der Waals surface area contributed by atoms with Gasteiger partial charge in [-0.2, -0.15) is 0 Å². The zero-order valence-corrected chi connectivity index (χ0v) is 8.83. The summed E-state index contributed by atoms with van der Waals surface area (Å²) in [6.45, 7) is 2.93. The highest BCUT2D eigenvalue weighted by Crippen LogP contribution is 2.16. The topological polar surface area (TPSA) is 29.9 Å². The molecule has 0 saturated carbocycles. The van der Waals surface area contributed by atoms with E-state index in [1.165, 1.54) is 11.1 Å². The van der Waals surface area contributed by atoms with Crippen molar-refractivity contribution in [3.8, 4) is 0 Å². The number of rotatable bonds is 2. The highest BCUT2D eigenvalue weighted by Gasteiger charge is 2.03. The minimum Gasteiger partial charge on any atom is -0.331 e. The summed E-state index contributed by atoms with van der Waals surface area (Å²) in [6.07, 6.45) is 0. The molecule has 14 heavy (non-hydrogen) atoms. The Morgan fingerprint density at radius 2 is 2.21 bits per heavy atom. The third-order valence-corrected chi connectivity index (χ3v) is 2.55. The summed E-state index contributed by atoms with van der Waals surface area (Å²) < 4.78 is 2.12. The number of nitrogens with zero attached hydrogens (tertiary/aromatic N) is 2. The van der Waals surface area contributed by atoms with Gasteiger partial charge >= 0.3 is 0 Å². The van der Waals surface area contributed by atoms with Gasteiger partial charge in [0.25, 0.3) is 0 Å². The Labute approximate surface area is 83.8 Å². The van der Waals surface area contributed by atoms with Crippen molar-refractivity contribution < 1.29 is 0 Å². The van der Waals surface area contributed by atoms with Crippen molar-refractivity contribution in [2.75, 3.05) is 7.05 Å². The normalized spacial score (nSPS) is 11.1. The van der Waals surface area contributed by atoms with Gasteiger partial charge in [0, 0.05) is 13.6 Å². The molecule has 0 aliphatic heterocycles. The van der Waals surface area contributed by atoms with E-state index in [-0.39, 0.29) is 0 Å². The fourth-order valence-corrected chi connectivity index (χ4v) is 1.67. The Hall–Kier alpha value is -1.35. The Morgan fingerprint density at radius 1 is 1.43 bits per heavy atom. The average molecular weight is 189 g/mol. The van der Waals surface area contributed by atoms with Crippen molar-refractivity contribution in [1.29, 1.82) is 0 Å². The third kappa shape index (κ3) is 1.40. The maximum Gasteiger partial charge on any atom is 0.106 e. The van der Waals surface area contributed by atoms with Gasteiger partial charge in [-0.3, -0.25) is 0 Å². The number of nitrogens with one attached hydrogen (secondary N) is 1. The van der Waals surface area contributed by atoms with Crippen molar-refractivity contribution in [2.24, 2.45) is 7.05 Å². The number of aromatic nitrogens is 2. The number of hydrogen-bond acceptors (Lipinski definition) is 2. The molecule has 1 N–H and O–H groups in total. The first-order valence-electron chi connectivity index (χ1n) is 4.79. The number of hydrogen-bond donors (Lipinski definition) is 1. The molecule has 3 nitrogen and oxygen atoms in total. The van der Waals surface area contributed by atoms with Crippen LogP contribution < -0.4 is 5.32 Å². The smallest absolute Gasteiger partial charge is 0.106 e. The molecule has 0 atom stereocenters. The molecule has 0 aliphatic carbocycles. The lowest BCUT2D eigenvalue weighted by molar-refractivity contribution is 0.817. The molecule has 3 heteroatoms. The van der Waals surface area contributed by atoms with E-state index in [4.69, 9.17) is 0 Å². The van der Waals surface area contributed by atoms with Crippen molar-refractivity contribution >= 4 is 11.0 Å². The Balaban J connectivity index is 2.58. The fraction of sp³-hybridized carbons (Fsp3) is 0.364. The van der Waals surface area contributed by atoms with E-state index in [2.05, 4.69) is 33.1 Å². The summed E-state index contributed by atoms with van der Waals surface area (Å²) in [5.41, 5.74) is 3.57. The van der Waals surface area contributed by atoms with Gasteiger partial charge in [-0.05, 0) is 31.7 Å². The minimum absolute atomic E-state index is 0.903. The van der Waals surface area contributed by atoms with Crippen LogP contribution in [0.4, 0.5) is 0 Å². The van der Waals surface area contributed by atoms with Crippen molar-refractivity contribution in [3.63, 3.8) is 0 Å². The van der Waals surface area contributed by atoms with Crippen LogP contribution in [0.15, 0.2) is 18.2 Å². The van der Waals surface area contributed by atoms with Crippen LogP contribution in [0.2, 0.25) is 0 Å². The van der Waals surface area contributed by atoms with Gasteiger partial charge < -0.3 is 9.88 Å². The lowest BCUT2D eigenvalue weighted by Crippen LogP contribution is -2.04. The molecular formula is C11H15N3. The average Bonchev–Trinajstić information content (AvgIpc) is 2.45. The van der Waals surface area contributed by atoms with E-state index in [9.17, 15) is 0 Å². The van der Waals surface area contributed by atoms with Crippen LogP contribution in [0.3, 0.4) is 0 Å². The Bertz CT molecular complexity index is 457. The lowest BCUT2D eigenvalue weighted by Gasteiger charge is -2.01. The molecule has 0 unspecified atom stereocenters. The standard InChI is InChI=1S/C11H15N3/c1-8-13-10-5-4-9(7-12-2)6-11(10)14(8)3/h4-6,12H,7H2,1-3H3. The Morgan fingerprint density at radius 3 is 2.93 bits per heavy atom. The van der Waals surface area contributed by atoms with Crippen LogP contribution in [0.5, 0.6) is 0 Å². The maximum absolute atomic E-state index is 4.46. The number of aryl methyl sites for hydroxylation is 2. The SMILES string of the molecule is CNCc1ccc2nc(C)n(C)c2c1. The van der Waals surface area contributed by atoms with E-state index >= 15 is 0 Å². The van der Waals surface area contributed by atoms with Gasteiger partial charge in [0.05, 0.1) is 11.0 Å². The summed E-state index contributed by atoms with van der Waals surface area (Å²) >= 11 is 0. The summed E-state index contributed by atoms with van der Waals surface area (Å²) in [6, 6.07) is 6.38. The van der Waals surface area contributed by atoms with Gasteiger partial charge in [0.15, 0.2) is 0 Å². The van der Waals surface area contributed by atoms with Crippen molar-refractivity contribution in [2.45, 2.75) is 13.5 Å². The molecule has 0 spiro atoms. The highest BCUT2D eigenvalue weighted by molar-refractivity contribution is 5.76. The molecule has 0 saturated heterocycles.